The van der Waals surface area contributed by atoms with Crippen molar-refractivity contribution in [1.29, 1.82) is 0 Å². The molecule has 0 bridgehead atoms. The van der Waals surface area contributed by atoms with Gasteiger partial charge in [-0.15, -0.1) is 0 Å². The van der Waals surface area contributed by atoms with Crippen molar-refractivity contribution in [2.45, 2.75) is 19.3 Å². The Balaban J connectivity index is 1.14. The van der Waals surface area contributed by atoms with E-state index in [0.717, 1.165) is 47.5 Å². The second-order valence-electron chi connectivity index (χ2n) is 8.99. The first-order valence-corrected chi connectivity index (χ1v) is 12.0. The lowest BCUT2D eigenvalue weighted by atomic mass is 10.0. The molecule has 0 aromatic heterocycles. The molecule has 36 heavy (non-hydrogen) atoms. The Morgan fingerprint density at radius 2 is 0.556 bits per heavy atom. The Bertz CT molecular complexity index is 1280. The minimum Gasteiger partial charge on any atom is -0.457 e. The van der Waals surface area contributed by atoms with E-state index in [1.54, 1.807) is 0 Å². The maximum Gasteiger partial charge on any atom is 0.127 e. The van der Waals surface area contributed by atoms with Gasteiger partial charge >= 0.3 is 0 Å². The smallest absolute Gasteiger partial charge is 0.127 e. The first-order chi connectivity index (χ1) is 17.6. The third-order valence-corrected chi connectivity index (χ3v) is 6.16. The fourth-order valence-electron chi connectivity index (χ4n) is 4.17. The molecule has 0 saturated heterocycles. The minimum atomic E-state index is -0.218. The molecule has 0 spiro atoms. The van der Waals surface area contributed by atoms with Crippen LogP contribution in [0.5, 0.6) is 11.5 Å². The lowest BCUT2D eigenvalue weighted by Crippen LogP contribution is -1.92. The number of rotatable bonds is 8. The predicted molar refractivity (Wildman–Crippen MR) is 141 cm³/mol. The molecular weight excluding hydrogens is 450 g/mol. The van der Waals surface area contributed by atoms with E-state index >= 15 is 0 Å². The fraction of sp³-hybridized carbons (Fsp3) is 0.0909. The standard InChI is InChI=1S/C33H26F2O/c34-30-13-5-26(6-14-30)21-24-1-3-25(4-2-24)22-28-9-17-32(18-10-28)36-33-19-11-29(12-20-33)23-27-7-15-31(35)16-8-27/h1-20H,21-23H2. The highest BCUT2D eigenvalue weighted by molar-refractivity contribution is 5.38. The summed E-state index contributed by atoms with van der Waals surface area (Å²) in [5.74, 6) is 1.15. The molecule has 0 unspecified atom stereocenters. The number of benzene rings is 5. The molecule has 1 nitrogen and oxygen atoms in total. The topological polar surface area (TPSA) is 9.23 Å². The van der Waals surface area contributed by atoms with Gasteiger partial charge in [0, 0.05) is 0 Å². The zero-order valence-electron chi connectivity index (χ0n) is 19.8. The van der Waals surface area contributed by atoms with Gasteiger partial charge in [-0.3, -0.25) is 0 Å². The van der Waals surface area contributed by atoms with Crippen LogP contribution < -0.4 is 4.74 Å². The summed E-state index contributed by atoms with van der Waals surface area (Å²) in [6.45, 7) is 0. The van der Waals surface area contributed by atoms with Crippen molar-refractivity contribution in [3.63, 3.8) is 0 Å². The molecule has 0 aliphatic rings. The largest absolute Gasteiger partial charge is 0.457 e. The van der Waals surface area contributed by atoms with Crippen molar-refractivity contribution in [2.24, 2.45) is 0 Å². The van der Waals surface area contributed by atoms with E-state index in [-0.39, 0.29) is 11.6 Å². The van der Waals surface area contributed by atoms with Crippen LogP contribution in [-0.2, 0) is 19.3 Å². The molecule has 178 valence electrons. The lowest BCUT2D eigenvalue weighted by molar-refractivity contribution is 0.482. The Morgan fingerprint density at radius 3 is 0.833 bits per heavy atom. The highest BCUT2D eigenvalue weighted by atomic mass is 19.1. The molecule has 3 heteroatoms. The molecule has 0 radical (unpaired) electrons. The van der Waals surface area contributed by atoms with Gasteiger partial charge in [0.25, 0.3) is 0 Å². The second kappa shape index (κ2) is 11.0. The van der Waals surface area contributed by atoms with Gasteiger partial charge in [-0.25, -0.2) is 8.78 Å². The van der Waals surface area contributed by atoms with E-state index in [1.165, 1.54) is 41.0 Å². The average Bonchev–Trinajstić information content (AvgIpc) is 2.90. The van der Waals surface area contributed by atoms with Crippen molar-refractivity contribution in [2.75, 3.05) is 0 Å². The van der Waals surface area contributed by atoms with Crippen LogP contribution in [0.25, 0.3) is 0 Å². The van der Waals surface area contributed by atoms with Crippen molar-refractivity contribution >= 4 is 0 Å². The van der Waals surface area contributed by atoms with Crippen LogP contribution in [0, 0.1) is 11.6 Å². The zero-order valence-corrected chi connectivity index (χ0v) is 19.8. The molecule has 5 rings (SSSR count). The van der Waals surface area contributed by atoms with Crippen molar-refractivity contribution in [1.82, 2.24) is 0 Å². The average molecular weight is 477 g/mol. The second-order valence-corrected chi connectivity index (χ2v) is 8.99. The highest BCUT2D eigenvalue weighted by Gasteiger charge is 2.03. The molecule has 0 atom stereocenters. The quantitative estimate of drug-likeness (QED) is 0.218. The number of ether oxygens (including phenoxy) is 1. The predicted octanol–water partition coefficient (Wildman–Crippen LogP) is 8.53. The van der Waals surface area contributed by atoms with Crippen LogP contribution in [0.4, 0.5) is 8.78 Å². The lowest BCUT2D eigenvalue weighted by Gasteiger charge is -2.09. The monoisotopic (exact) mass is 476 g/mol. The summed E-state index contributed by atoms with van der Waals surface area (Å²) < 4.78 is 32.2. The number of halogens is 2. The summed E-state index contributed by atoms with van der Waals surface area (Å²) in [5.41, 5.74) is 6.97. The molecule has 0 aliphatic heterocycles. The molecule has 0 saturated carbocycles. The van der Waals surface area contributed by atoms with Gasteiger partial charge < -0.3 is 4.74 Å². The highest BCUT2D eigenvalue weighted by Crippen LogP contribution is 2.24. The van der Waals surface area contributed by atoms with E-state index < -0.39 is 0 Å². The van der Waals surface area contributed by atoms with Crippen LogP contribution in [-0.4, -0.2) is 0 Å². The van der Waals surface area contributed by atoms with E-state index in [0.29, 0.717) is 0 Å². The van der Waals surface area contributed by atoms with E-state index in [1.807, 2.05) is 60.7 Å². The van der Waals surface area contributed by atoms with Gasteiger partial charge in [0.1, 0.15) is 23.1 Å². The summed E-state index contributed by atoms with van der Waals surface area (Å²) >= 11 is 0. The SMILES string of the molecule is Fc1ccc(Cc2ccc(Cc3ccc(Oc4ccc(Cc5ccc(F)cc5)cc4)cc3)cc2)cc1. The van der Waals surface area contributed by atoms with E-state index in [9.17, 15) is 8.78 Å². The Morgan fingerprint density at radius 1 is 0.333 bits per heavy atom. The van der Waals surface area contributed by atoms with Gasteiger partial charge in [0.15, 0.2) is 0 Å². The van der Waals surface area contributed by atoms with Crippen LogP contribution in [0.1, 0.15) is 33.4 Å². The van der Waals surface area contributed by atoms with Crippen molar-refractivity contribution < 1.29 is 13.5 Å². The van der Waals surface area contributed by atoms with Crippen LogP contribution >= 0.6 is 0 Å². The van der Waals surface area contributed by atoms with Crippen molar-refractivity contribution in [3.05, 3.63) is 166 Å². The summed E-state index contributed by atoms with van der Waals surface area (Å²) in [4.78, 5) is 0. The normalized spacial score (nSPS) is 10.8. The summed E-state index contributed by atoms with van der Waals surface area (Å²) in [6.07, 6.45) is 2.39. The molecule has 5 aromatic carbocycles. The molecule has 0 aliphatic carbocycles. The zero-order chi connectivity index (χ0) is 24.7. The minimum absolute atomic E-state index is 0.207. The van der Waals surface area contributed by atoms with Crippen LogP contribution in [0.2, 0.25) is 0 Å². The third-order valence-electron chi connectivity index (χ3n) is 6.16. The summed E-state index contributed by atoms with van der Waals surface area (Å²) in [5, 5.41) is 0. The molecule has 0 amide bonds. The molecule has 5 aromatic rings. The molecule has 0 fully saturated rings. The van der Waals surface area contributed by atoms with Gasteiger partial charge in [0.2, 0.25) is 0 Å². The van der Waals surface area contributed by atoms with Gasteiger partial charge in [-0.1, -0.05) is 72.8 Å². The number of hydrogen-bond acceptors (Lipinski definition) is 1. The Labute approximate surface area is 210 Å². The maximum atomic E-state index is 13.1. The van der Waals surface area contributed by atoms with Gasteiger partial charge in [-0.05, 0) is 101 Å². The first-order valence-electron chi connectivity index (χ1n) is 12.0. The Hall–Kier alpha value is -4.24. The van der Waals surface area contributed by atoms with E-state index in [2.05, 4.69) is 36.4 Å². The first kappa shape index (κ1) is 23.5. The fourth-order valence-corrected chi connectivity index (χ4v) is 4.17. The van der Waals surface area contributed by atoms with Crippen LogP contribution in [0.15, 0.2) is 121 Å². The number of hydrogen-bond donors (Lipinski definition) is 0. The molecule has 0 N–H and O–H groups in total. The van der Waals surface area contributed by atoms with Crippen LogP contribution in [0.3, 0.4) is 0 Å². The van der Waals surface area contributed by atoms with Gasteiger partial charge in [-0.2, -0.15) is 0 Å². The Kier molecular flexibility index (Phi) is 7.18. The summed E-state index contributed by atoms with van der Waals surface area (Å²) in [7, 11) is 0. The summed E-state index contributed by atoms with van der Waals surface area (Å²) in [6, 6.07) is 38.0. The van der Waals surface area contributed by atoms with E-state index in [4.69, 9.17) is 4.74 Å². The molecular formula is C33H26F2O. The third kappa shape index (κ3) is 6.45. The van der Waals surface area contributed by atoms with Gasteiger partial charge in [0.05, 0.1) is 0 Å². The van der Waals surface area contributed by atoms with Crippen molar-refractivity contribution in [3.8, 4) is 11.5 Å². The maximum absolute atomic E-state index is 13.1. The molecule has 0 heterocycles.